The Hall–Kier alpha value is -1.17. The fourth-order valence-corrected chi connectivity index (χ4v) is 1.44. The number of aromatic hydroxyl groups is 1. The van der Waals surface area contributed by atoms with Gasteiger partial charge in [-0.15, -0.1) is 12.4 Å². The van der Waals surface area contributed by atoms with Crippen molar-refractivity contribution in [2.75, 3.05) is 20.8 Å². The van der Waals surface area contributed by atoms with Gasteiger partial charge in [-0.2, -0.15) is 0 Å². The molecule has 0 aromatic heterocycles. The van der Waals surface area contributed by atoms with Crippen LogP contribution in [0.5, 0.6) is 17.2 Å². The van der Waals surface area contributed by atoms with Crippen molar-refractivity contribution in [1.29, 1.82) is 0 Å². The van der Waals surface area contributed by atoms with Crippen molar-refractivity contribution < 1.29 is 19.7 Å². The number of ether oxygens (including phenoxy) is 2. The van der Waals surface area contributed by atoms with Crippen LogP contribution in [0.3, 0.4) is 0 Å². The lowest BCUT2D eigenvalue weighted by Gasteiger charge is -2.15. The van der Waals surface area contributed by atoms with E-state index in [0.29, 0.717) is 23.5 Å². The highest BCUT2D eigenvalue weighted by Crippen LogP contribution is 2.33. The average molecular weight is 264 g/mol. The third kappa shape index (κ3) is 3.96. The number of aliphatic hydroxyl groups excluding tert-OH is 1. The van der Waals surface area contributed by atoms with E-state index in [-0.39, 0.29) is 24.8 Å². The van der Waals surface area contributed by atoms with Gasteiger partial charge in [0, 0.05) is 23.7 Å². The first-order valence-corrected chi connectivity index (χ1v) is 4.92. The molecule has 0 saturated heterocycles. The van der Waals surface area contributed by atoms with Crippen LogP contribution in [0.15, 0.2) is 12.1 Å². The molecular formula is C11H18ClNO4. The number of benzene rings is 1. The van der Waals surface area contributed by atoms with Crippen molar-refractivity contribution in [3.8, 4) is 17.2 Å². The molecule has 0 aliphatic carbocycles. The van der Waals surface area contributed by atoms with Gasteiger partial charge < -0.3 is 25.4 Å². The molecule has 0 saturated carbocycles. The molecule has 98 valence electrons. The Balaban J connectivity index is 0.00000256. The number of hydrogen-bond donors (Lipinski definition) is 3. The van der Waals surface area contributed by atoms with Crippen LogP contribution in [0.4, 0.5) is 0 Å². The molecule has 0 aliphatic heterocycles. The van der Waals surface area contributed by atoms with Gasteiger partial charge in [-0.25, -0.2) is 0 Å². The monoisotopic (exact) mass is 263 g/mol. The number of phenolic OH excluding ortho intramolecular Hbond substituents is 1. The van der Waals surface area contributed by atoms with Crippen LogP contribution in [0.2, 0.25) is 0 Å². The van der Waals surface area contributed by atoms with E-state index >= 15 is 0 Å². The molecule has 0 bridgehead atoms. The molecule has 1 atom stereocenters. The first-order valence-electron chi connectivity index (χ1n) is 4.92. The Morgan fingerprint density at radius 2 is 1.94 bits per heavy atom. The highest BCUT2D eigenvalue weighted by atomic mass is 35.5. The molecule has 1 unspecified atom stereocenters. The summed E-state index contributed by atoms with van der Waals surface area (Å²) in [7, 11) is 3.01. The lowest BCUT2D eigenvalue weighted by atomic mass is 10.0. The van der Waals surface area contributed by atoms with Gasteiger partial charge in [0.05, 0.1) is 20.8 Å². The molecule has 0 heterocycles. The third-order valence-corrected chi connectivity index (χ3v) is 2.32. The van der Waals surface area contributed by atoms with Crippen LogP contribution in [-0.4, -0.2) is 37.1 Å². The van der Waals surface area contributed by atoms with Crippen LogP contribution < -0.4 is 15.2 Å². The quantitative estimate of drug-likeness (QED) is 0.728. The average Bonchev–Trinajstić information content (AvgIpc) is 2.30. The predicted octanol–water partition coefficient (Wildman–Crippen LogP) is 0.693. The summed E-state index contributed by atoms with van der Waals surface area (Å²) in [5.41, 5.74) is 6.19. The standard InChI is InChI=1S/C11H17NO4.ClH/c1-15-8-4-10(14)9(3-7(12)6-13)11(5-8)16-2;/h4-5,7,13-14H,3,6,12H2,1-2H3;1H. The molecule has 1 rings (SSSR count). The molecule has 17 heavy (non-hydrogen) atoms. The van der Waals surface area contributed by atoms with E-state index in [1.807, 2.05) is 0 Å². The molecule has 0 spiro atoms. The summed E-state index contributed by atoms with van der Waals surface area (Å²) in [5.74, 6) is 1.07. The maximum atomic E-state index is 9.78. The smallest absolute Gasteiger partial charge is 0.129 e. The Morgan fingerprint density at radius 1 is 1.29 bits per heavy atom. The summed E-state index contributed by atoms with van der Waals surface area (Å²) in [5, 5.41) is 18.7. The van der Waals surface area contributed by atoms with E-state index in [0.717, 1.165) is 0 Å². The first kappa shape index (κ1) is 15.8. The third-order valence-electron chi connectivity index (χ3n) is 2.32. The molecule has 5 nitrogen and oxygen atoms in total. The topological polar surface area (TPSA) is 84.9 Å². The van der Waals surface area contributed by atoms with Crippen LogP contribution in [0.25, 0.3) is 0 Å². The minimum atomic E-state index is -0.423. The minimum Gasteiger partial charge on any atom is -0.507 e. The summed E-state index contributed by atoms with van der Waals surface area (Å²) in [6.45, 7) is -0.144. The number of hydrogen-bond acceptors (Lipinski definition) is 5. The van der Waals surface area contributed by atoms with Gasteiger partial charge in [0.2, 0.25) is 0 Å². The number of rotatable bonds is 5. The first-order chi connectivity index (χ1) is 7.62. The Kier molecular flexibility index (Phi) is 6.72. The summed E-state index contributed by atoms with van der Waals surface area (Å²) in [4.78, 5) is 0. The second-order valence-corrected chi connectivity index (χ2v) is 3.47. The van der Waals surface area contributed by atoms with Crippen LogP contribution >= 0.6 is 12.4 Å². The van der Waals surface area contributed by atoms with E-state index in [9.17, 15) is 5.11 Å². The lowest BCUT2D eigenvalue weighted by Crippen LogP contribution is -2.27. The Morgan fingerprint density at radius 3 is 2.41 bits per heavy atom. The molecule has 1 aromatic carbocycles. The summed E-state index contributed by atoms with van der Waals surface area (Å²) in [6.07, 6.45) is 0.343. The van der Waals surface area contributed by atoms with Crippen LogP contribution in [0.1, 0.15) is 5.56 Å². The minimum absolute atomic E-state index is 0. The van der Waals surface area contributed by atoms with E-state index in [1.54, 1.807) is 6.07 Å². The van der Waals surface area contributed by atoms with Crippen LogP contribution in [-0.2, 0) is 6.42 Å². The normalized spacial score (nSPS) is 11.5. The highest BCUT2D eigenvalue weighted by molar-refractivity contribution is 5.85. The number of halogens is 1. The molecule has 4 N–H and O–H groups in total. The summed E-state index contributed by atoms with van der Waals surface area (Å²) < 4.78 is 10.1. The van der Waals surface area contributed by atoms with Crippen molar-refractivity contribution in [3.63, 3.8) is 0 Å². The number of aliphatic hydroxyl groups is 1. The maximum Gasteiger partial charge on any atom is 0.129 e. The van der Waals surface area contributed by atoms with E-state index in [1.165, 1.54) is 20.3 Å². The molecule has 0 radical (unpaired) electrons. The van der Waals surface area contributed by atoms with Crippen molar-refractivity contribution in [2.24, 2.45) is 5.73 Å². The molecule has 0 fully saturated rings. The number of nitrogens with two attached hydrogens (primary N) is 1. The van der Waals surface area contributed by atoms with E-state index in [2.05, 4.69) is 0 Å². The fourth-order valence-electron chi connectivity index (χ4n) is 1.44. The molecular weight excluding hydrogens is 246 g/mol. The van der Waals surface area contributed by atoms with Gasteiger partial charge in [0.1, 0.15) is 17.2 Å². The van der Waals surface area contributed by atoms with E-state index in [4.69, 9.17) is 20.3 Å². The zero-order valence-electron chi connectivity index (χ0n) is 9.84. The van der Waals surface area contributed by atoms with Gasteiger partial charge in [0.25, 0.3) is 0 Å². The zero-order valence-corrected chi connectivity index (χ0v) is 10.7. The Labute approximate surface area is 107 Å². The summed E-state index contributed by atoms with van der Waals surface area (Å²) in [6, 6.07) is 2.73. The van der Waals surface area contributed by atoms with Crippen molar-refractivity contribution in [3.05, 3.63) is 17.7 Å². The van der Waals surface area contributed by atoms with Gasteiger partial charge in [-0.05, 0) is 6.42 Å². The van der Waals surface area contributed by atoms with Gasteiger partial charge in [-0.3, -0.25) is 0 Å². The molecule has 0 aliphatic rings. The number of phenols is 1. The van der Waals surface area contributed by atoms with Gasteiger partial charge >= 0.3 is 0 Å². The highest BCUT2D eigenvalue weighted by Gasteiger charge is 2.14. The predicted molar refractivity (Wildman–Crippen MR) is 67.2 cm³/mol. The maximum absolute atomic E-state index is 9.78. The Bertz CT molecular complexity index is 360. The SMILES string of the molecule is COc1cc(O)c(CC(N)CO)c(OC)c1.Cl. The molecule has 0 amide bonds. The van der Waals surface area contributed by atoms with E-state index < -0.39 is 6.04 Å². The largest absolute Gasteiger partial charge is 0.507 e. The van der Waals surface area contributed by atoms with Gasteiger partial charge in [0.15, 0.2) is 0 Å². The van der Waals surface area contributed by atoms with Crippen molar-refractivity contribution in [1.82, 2.24) is 0 Å². The van der Waals surface area contributed by atoms with Crippen LogP contribution in [0, 0.1) is 0 Å². The number of methoxy groups -OCH3 is 2. The van der Waals surface area contributed by atoms with Gasteiger partial charge in [-0.1, -0.05) is 0 Å². The summed E-state index contributed by atoms with van der Waals surface area (Å²) >= 11 is 0. The second kappa shape index (κ2) is 7.21. The zero-order chi connectivity index (χ0) is 12.1. The molecule has 6 heteroatoms. The fraction of sp³-hybridized carbons (Fsp3) is 0.455. The molecule has 1 aromatic rings. The second-order valence-electron chi connectivity index (χ2n) is 3.47. The lowest BCUT2D eigenvalue weighted by molar-refractivity contribution is 0.263. The van der Waals surface area contributed by atoms with Crippen molar-refractivity contribution in [2.45, 2.75) is 12.5 Å². The van der Waals surface area contributed by atoms with Crippen molar-refractivity contribution >= 4 is 12.4 Å².